The maximum Gasteiger partial charge on any atom is 0.235 e. The van der Waals surface area contributed by atoms with Crippen LogP contribution in [0.2, 0.25) is 0 Å². The van der Waals surface area contributed by atoms with Crippen molar-refractivity contribution in [2.24, 2.45) is 0 Å². The van der Waals surface area contributed by atoms with E-state index in [9.17, 15) is 0 Å². The lowest BCUT2D eigenvalue weighted by Gasteiger charge is -2.16. The molecule has 2 aliphatic rings. The summed E-state index contributed by atoms with van der Waals surface area (Å²) in [5.74, 6) is 0.625. The molecule has 2 aliphatic carbocycles. The van der Waals surface area contributed by atoms with E-state index in [4.69, 9.17) is 14.4 Å². The van der Waals surface area contributed by atoms with Gasteiger partial charge in [0.1, 0.15) is 11.2 Å². The first kappa shape index (κ1) is 36.1. The fourth-order valence-electron chi connectivity index (χ4n) is 10.7. The van der Waals surface area contributed by atoms with E-state index in [1.54, 1.807) is 0 Å². The van der Waals surface area contributed by atoms with Crippen LogP contribution in [-0.4, -0.2) is 19.1 Å². The highest BCUT2D eigenvalue weighted by Crippen LogP contribution is 2.46. The van der Waals surface area contributed by atoms with Gasteiger partial charge in [-0.15, -0.1) is 0 Å². The number of hydrogen-bond acceptors (Lipinski definition) is 3. The van der Waals surface area contributed by atoms with Crippen molar-refractivity contribution >= 4 is 77.7 Å². The molecule has 5 heteroatoms. The van der Waals surface area contributed by atoms with Crippen LogP contribution in [-0.2, 0) is 12.8 Å². The monoisotopic (exact) mass is 830 g/mol. The number of aryl methyl sites for hydroxylation is 2. The second-order valence-electron chi connectivity index (χ2n) is 17.3. The van der Waals surface area contributed by atoms with Crippen molar-refractivity contribution in [1.82, 2.24) is 19.1 Å². The Hall–Kier alpha value is -8.46. The van der Waals surface area contributed by atoms with Crippen molar-refractivity contribution in [2.45, 2.75) is 25.7 Å². The predicted molar refractivity (Wildman–Crippen MR) is 267 cm³/mol. The molecule has 0 radical (unpaired) electrons. The van der Waals surface area contributed by atoms with Crippen molar-refractivity contribution in [2.75, 3.05) is 0 Å². The summed E-state index contributed by atoms with van der Waals surface area (Å²) >= 11 is 0. The number of hydrogen-bond donors (Lipinski definition) is 0. The summed E-state index contributed by atoms with van der Waals surface area (Å²) < 4.78 is 11.4. The summed E-state index contributed by atoms with van der Waals surface area (Å²) in [6, 6.07) is 63.0. The van der Waals surface area contributed by atoms with E-state index in [0.29, 0.717) is 5.95 Å². The Bertz CT molecular complexity index is 3990. The summed E-state index contributed by atoms with van der Waals surface area (Å²) in [7, 11) is 0. The Kier molecular flexibility index (Phi) is 7.78. The van der Waals surface area contributed by atoms with Gasteiger partial charge in [-0.1, -0.05) is 127 Å². The van der Waals surface area contributed by atoms with Crippen molar-refractivity contribution in [1.29, 1.82) is 0 Å². The van der Waals surface area contributed by atoms with Crippen LogP contribution in [0.15, 0.2) is 174 Å². The van der Waals surface area contributed by atoms with Gasteiger partial charge < -0.3 is 8.98 Å². The molecule has 12 aromatic rings. The van der Waals surface area contributed by atoms with E-state index in [2.05, 4.69) is 185 Å². The molecular formula is C60H38N4O. The second-order valence-corrected chi connectivity index (χ2v) is 17.3. The fraction of sp³-hybridized carbons (Fsp3) is 0.0667. The first-order chi connectivity index (χ1) is 32.2. The molecule has 4 aromatic heterocycles. The minimum atomic E-state index is 0.625. The fourth-order valence-corrected chi connectivity index (χ4v) is 10.7. The Labute approximate surface area is 374 Å². The summed E-state index contributed by atoms with van der Waals surface area (Å²) in [6.07, 6.45) is 13.2. The molecule has 0 amide bonds. The highest BCUT2D eigenvalue weighted by Gasteiger charge is 2.25. The first-order valence-electron chi connectivity index (χ1n) is 22.5. The number of nitrogens with zero attached hydrogens (tertiary/aromatic N) is 4. The SMILES string of the molecule is c1cccc(-n2c3c(c4cc(-c5ccc(-c6cc7c8ccccc8oc7c7c8ccccc8n(-c8nc(-c9ccc%10c(c9)CCC=C%10)c9ccccc9n8)c67)cc5)ccc42)CCC=C3)c#1. The lowest BCUT2D eigenvalue weighted by Crippen LogP contribution is -2.04. The van der Waals surface area contributed by atoms with Gasteiger partial charge in [0.15, 0.2) is 0 Å². The summed E-state index contributed by atoms with van der Waals surface area (Å²) in [4.78, 5) is 10.9. The number of benzene rings is 7. The molecule has 0 saturated carbocycles. The summed E-state index contributed by atoms with van der Waals surface area (Å²) in [5, 5.41) is 6.63. The van der Waals surface area contributed by atoms with Crippen LogP contribution < -0.4 is 0 Å². The average Bonchev–Trinajstić information content (AvgIpc) is 4.04. The number of rotatable bonds is 5. The normalized spacial score (nSPS) is 13.4. The third kappa shape index (κ3) is 5.47. The largest absolute Gasteiger partial charge is 0.455 e. The molecule has 5 nitrogen and oxygen atoms in total. The molecule has 0 N–H and O–H groups in total. The van der Waals surface area contributed by atoms with Crippen LogP contribution in [0.4, 0.5) is 0 Å². The zero-order valence-electron chi connectivity index (χ0n) is 35.3. The Morgan fingerprint density at radius 3 is 2.23 bits per heavy atom. The zero-order valence-corrected chi connectivity index (χ0v) is 35.3. The van der Waals surface area contributed by atoms with Gasteiger partial charge in [-0.05, 0) is 126 Å². The van der Waals surface area contributed by atoms with Gasteiger partial charge in [0.05, 0.1) is 44.5 Å². The molecule has 0 unspecified atom stereocenters. The van der Waals surface area contributed by atoms with Gasteiger partial charge in [-0.2, -0.15) is 0 Å². The minimum Gasteiger partial charge on any atom is -0.455 e. The molecular weight excluding hydrogens is 793 g/mol. The van der Waals surface area contributed by atoms with Gasteiger partial charge >= 0.3 is 0 Å². The standard InChI is InChI=1S/C60H38N4O/c1-2-16-43(17-3-1)63-52-23-11-7-18-44(52)49-35-41(32-33-54(49)63)38-26-29-39(30-27-38)48-36-50-45-19-9-13-25-55(45)65-59(50)56-47-21-8-12-24-53(47)64(58(48)56)60-61-51-22-10-6-20-46(51)57(62-60)42-31-28-37-14-4-5-15-40(37)34-42/h1-2,4,6,8-14,16,19-36H,5,7,15,18H2. The van der Waals surface area contributed by atoms with E-state index in [-0.39, 0.29) is 0 Å². The smallest absolute Gasteiger partial charge is 0.235 e. The highest BCUT2D eigenvalue weighted by atomic mass is 16.3. The van der Waals surface area contributed by atoms with Crippen LogP contribution in [0.25, 0.3) is 123 Å². The molecule has 14 rings (SSSR count). The number of fused-ring (bicyclic) bond motifs is 12. The topological polar surface area (TPSA) is 48.8 Å². The molecule has 0 spiro atoms. The van der Waals surface area contributed by atoms with Crippen LogP contribution in [0.1, 0.15) is 35.2 Å². The Morgan fingerprint density at radius 2 is 1.32 bits per heavy atom. The minimum absolute atomic E-state index is 0.625. The van der Waals surface area contributed by atoms with Crippen LogP contribution in [0, 0.1) is 12.1 Å². The molecule has 65 heavy (non-hydrogen) atoms. The summed E-state index contributed by atoms with van der Waals surface area (Å²) in [5.41, 5.74) is 18.7. The van der Waals surface area contributed by atoms with Crippen LogP contribution in [0.3, 0.4) is 0 Å². The second kappa shape index (κ2) is 14.0. The zero-order chi connectivity index (χ0) is 42.6. The predicted octanol–water partition coefficient (Wildman–Crippen LogP) is 15.1. The maximum absolute atomic E-state index is 6.84. The number of aromatic nitrogens is 4. The lowest BCUT2D eigenvalue weighted by molar-refractivity contribution is 0.673. The quantitative estimate of drug-likeness (QED) is 0.174. The molecule has 304 valence electrons. The number of para-hydroxylation sites is 3. The average molecular weight is 831 g/mol. The van der Waals surface area contributed by atoms with Crippen molar-refractivity contribution in [3.05, 3.63) is 204 Å². The number of allylic oxidation sites excluding steroid dienone is 2. The Balaban J connectivity index is 0.994. The Morgan fingerprint density at radius 1 is 0.554 bits per heavy atom. The van der Waals surface area contributed by atoms with E-state index >= 15 is 0 Å². The van der Waals surface area contributed by atoms with Gasteiger partial charge in [0.2, 0.25) is 5.95 Å². The van der Waals surface area contributed by atoms with E-state index in [1.807, 2.05) is 18.2 Å². The van der Waals surface area contributed by atoms with Crippen LogP contribution in [0.5, 0.6) is 0 Å². The van der Waals surface area contributed by atoms with Gasteiger partial charge in [-0.25, -0.2) is 9.97 Å². The molecule has 0 saturated heterocycles. The molecule has 0 bridgehead atoms. The third-order valence-electron chi connectivity index (χ3n) is 13.7. The number of furan rings is 1. The molecule has 4 heterocycles. The van der Waals surface area contributed by atoms with Gasteiger partial charge in [0.25, 0.3) is 0 Å². The van der Waals surface area contributed by atoms with Crippen molar-refractivity contribution in [3.8, 4) is 45.1 Å². The van der Waals surface area contributed by atoms with Crippen molar-refractivity contribution < 1.29 is 4.42 Å². The summed E-state index contributed by atoms with van der Waals surface area (Å²) in [6.45, 7) is 0. The van der Waals surface area contributed by atoms with E-state index in [1.165, 1.54) is 38.9 Å². The molecule has 0 aliphatic heterocycles. The lowest BCUT2D eigenvalue weighted by atomic mass is 9.94. The van der Waals surface area contributed by atoms with Gasteiger partial charge in [0, 0.05) is 38.1 Å². The highest BCUT2D eigenvalue weighted by molar-refractivity contribution is 6.27. The van der Waals surface area contributed by atoms with E-state index in [0.717, 1.165) is 114 Å². The van der Waals surface area contributed by atoms with Crippen molar-refractivity contribution in [3.63, 3.8) is 0 Å². The third-order valence-corrected chi connectivity index (χ3v) is 13.7. The van der Waals surface area contributed by atoms with Gasteiger partial charge in [-0.3, -0.25) is 4.57 Å². The molecule has 8 aromatic carbocycles. The first-order valence-corrected chi connectivity index (χ1v) is 22.5. The maximum atomic E-state index is 6.84. The molecule has 0 atom stereocenters. The van der Waals surface area contributed by atoms with Crippen LogP contribution >= 0.6 is 0 Å². The molecule has 0 fully saturated rings. The van der Waals surface area contributed by atoms with E-state index < -0.39 is 0 Å².